The molecule has 3 aliphatic rings. The van der Waals surface area contributed by atoms with Gasteiger partial charge in [0.1, 0.15) is 11.6 Å². The van der Waals surface area contributed by atoms with Gasteiger partial charge in [0.25, 0.3) is 0 Å². The second kappa shape index (κ2) is 6.84. The molecule has 0 radical (unpaired) electrons. The highest BCUT2D eigenvalue weighted by molar-refractivity contribution is 5.85. The van der Waals surface area contributed by atoms with Crippen molar-refractivity contribution in [3.8, 4) is 5.75 Å². The maximum Gasteiger partial charge on any atom is 0.225 e. The van der Waals surface area contributed by atoms with Crippen LogP contribution >= 0.6 is 0 Å². The van der Waals surface area contributed by atoms with Gasteiger partial charge in [-0.05, 0) is 79.5 Å². The van der Waals surface area contributed by atoms with Crippen LogP contribution in [0.4, 0.5) is 4.39 Å². The number of aromatic nitrogens is 1. The lowest BCUT2D eigenvalue weighted by Crippen LogP contribution is -2.55. The van der Waals surface area contributed by atoms with Gasteiger partial charge >= 0.3 is 0 Å². The lowest BCUT2D eigenvalue weighted by atomic mass is 9.58. The van der Waals surface area contributed by atoms with Crippen molar-refractivity contribution in [3.05, 3.63) is 65.1 Å². The predicted molar refractivity (Wildman–Crippen MR) is 118 cm³/mol. The van der Waals surface area contributed by atoms with Crippen molar-refractivity contribution < 1.29 is 13.9 Å². The Labute approximate surface area is 181 Å². The number of carbonyl (C=O) groups excluding carboxylic acids is 1. The first-order valence-corrected chi connectivity index (χ1v) is 11.3. The zero-order chi connectivity index (χ0) is 21.2. The van der Waals surface area contributed by atoms with E-state index >= 15 is 0 Å². The Morgan fingerprint density at radius 2 is 2.10 bits per heavy atom. The molecule has 2 heterocycles. The normalized spacial score (nSPS) is 25.2. The van der Waals surface area contributed by atoms with Crippen LogP contribution in [0.1, 0.15) is 36.1 Å². The highest BCUT2D eigenvalue weighted by atomic mass is 19.1. The van der Waals surface area contributed by atoms with Crippen molar-refractivity contribution in [2.45, 2.75) is 37.5 Å². The molecule has 1 aromatic heterocycles. The summed E-state index contributed by atoms with van der Waals surface area (Å²) < 4.78 is 19.6. The molecule has 160 valence electrons. The molecule has 2 fully saturated rings. The first-order chi connectivity index (χ1) is 15.1. The molecular formula is C26H27FN2O2. The molecule has 1 saturated heterocycles. The van der Waals surface area contributed by atoms with Crippen LogP contribution in [0.5, 0.6) is 5.75 Å². The van der Waals surface area contributed by atoms with E-state index in [1.807, 2.05) is 12.1 Å². The van der Waals surface area contributed by atoms with Crippen molar-refractivity contribution in [2.24, 2.45) is 11.8 Å². The highest BCUT2D eigenvalue weighted by Crippen LogP contribution is 2.50. The number of fused-ring (bicyclic) bond motifs is 4. The van der Waals surface area contributed by atoms with Crippen LogP contribution in [-0.2, 0) is 23.1 Å². The lowest BCUT2D eigenvalue weighted by Gasteiger charge is -2.51. The Balaban J connectivity index is 1.46. The van der Waals surface area contributed by atoms with Gasteiger partial charge in [-0.3, -0.25) is 4.79 Å². The largest absolute Gasteiger partial charge is 0.497 e. The fraction of sp³-hybridized carbons (Fsp3) is 0.423. The number of amides is 1. The number of nitrogens with one attached hydrogen (secondary N) is 1. The third-order valence-electron chi connectivity index (χ3n) is 7.83. The van der Waals surface area contributed by atoms with Gasteiger partial charge in [-0.25, -0.2) is 4.39 Å². The monoisotopic (exact) mass is 418 g/mol. The van der Waals surface area contributed by atoms with Crippen LogP contribution < -0.4 is 4.74 Å². The number of rotatable bonds is 3. The molecule has 0 spiro atoms. The van der Waals surface area contributed by atoms with Gasteiger partial charge in [0.2, 0.25) is 5.91 Å². The Morgan fingerprint density at radius 3 is 2.90 bits per heavy atom. The Bertz CT molecular complexity index is 1180. The number of benzene rings is 2. The summed E-state index contributed by atoms with van der Waals surface area (Å²) >= 11 is 0. The first-order valence-electron chi connectivity index (χ1n) is 11.3. The molecule has 31 heavy (non-hydrogen) atoms. The predicted octanol–water partition coefficient (Wildman–Crippen LogP) is 4.61. The van der Waals surface area contributed by atoms with E-state index in [-0.39, 0.29) is 17.2 Å². The first kappa shape index (κ1) is 18.9. The van der Waals surface area contributed by atoms with Gasteiger partial charge in [-0.2, -0.15) is 0 Å². The molecule has 1 unspecified atom stereocenters. The summed E-state index contributed by atoms with van der Waals surface area (Å²) in [5.41, 5.74) is 4.66. The summed E-state index contributed by atoms with van der Waals surface area (Å²) in [6.07, 6.45) is 4.73. The molecule has 1 amide bonds. The minimum atomic E-state index is -0.201. The number of hydrogen-bond acceptors (Lipinski definition) is 2. The summed E-state index contributed by atoms with van der Waals surface area (Å²) in [6.45, 7) is 1.57. The van der Waals surface area contributed by atoms with E-state index in [2.05, 4.69) is 28.1 Å². The third kappa shape index (κ3) is 2.97. The van der Waals surface area contributed by atoms with Gasteiger partial charge in [0, 0.05) is 41.0 Å². The van der Waals surface area contributed by atoms with Gasteiger partial charge < -0.3 is 14.6 Å². The highest BCUT2D eigenvalue weighted by Gasteiger charge is 2.50. The van der Waals surface area contributed by atoms with E-state index in [1.54, 1.807) is 13.2 Å². The second-order valence-electron chi connectivity index (χ2n) is 9.55. The van der Waals surface area contributed by atoms with Crippen molar-refractivity contribution in [3.63, 3.8) is 0 Å². The fourth-order valence-electron chi connectivity index (χ4n) is 5.99. The van der Waals surface area contributed by atoms with Gasteiger partial charge in [-0.15, -0.1) is 0 Å². The number of ether oxygens (including phenoxy) is 1. The second-order valence-corrected chi connectivity index (χ2v) is 9.55. The number of halogens is 1. The topological polar surface area (TPSA) is 45.3 Å². The minimum absolute atomic E-state index is 0.0543. The Morgan fingerprint density at radius 1 is 1.23 bits per heavy atom. The zero-order valence-electron chi connectivity index (χ0n) is 17.8. The van der Waals surface area contributed by atoms with Crippen molar-refractivity contribution in [1.29, 1.82) is 0 Å². The summed E-state index contributed by atoms with van der Waals surface area (Å²) in [5, 5.41) is 0.986. The SMILES string of the molecule is COc1cccc([C@]23CCN(C(=O)C4CC4)CC2Cc2c([nH]c4ccc(F)cc24)C3)c1. The van der Waals surface area contributed by atoms with Crippen molar-refractivity contribution in [2.75, 3.05) is 20.2 Å². The van der Waals surface area contributed by atoms with Gasteiger partial charge in [0.15, 0.2) is 0 Å². The van der Waals surface area contributed by atoms with Crippen LogP contribution in [0.25, 0.3) is 10.9 Å². The maximum absolute atomic E-state index is 14.0. The number of aromatic amines is 1. The molecule has 1 saturated carbocycles. The zero-order valence-corrected chi connectivity index (χ0v) is 17.8. The molecule has 1 aliphatic heterocycles. The molecule has 1 N–H and O–H groups in total. The smallest absolute Gasteiger partial charge is 0.225 e. The minimum Gasteiger partial charge on any atom is -0.497 e. The summed E-state index contributed by atoms with van der Waals surface area (Å²) in [5.74, 6) is 1.53. The van der Waals surface area contributed by atoms with Crippen LogP contribution in [-0.4, -0.2) is 36.0 Å². The molecule has 0 bridgehead atoms. The summed E-state index contributed by atoms with van der Waals surface area (Å²) in [6, 6.07) is 13.4. The number of methoxy groups -OCH3 is 1. The fourth-order valence-corrected chi connectivity index (χ4v) is 5.99. The molecule has 2 atom stereocenters. The number of likely N-dealkylation sites (tertiary alicyclic amines) is 1. The Kier molecular flexibility index (Phi) is 4.17. The van der Waals surface area contributed by atoms with Gasteiger partial charge in [-0.1, -0.05) is 12.1 Å². The van der Waals surface area contributed by atoms with Crippen LogP contribution in [0.3, 0.4) is 0 Å². The quantitative estimate of drug-likeness (QED) is 0.675. The molecule has 2 aliphatic carbocycles. The molecule has 2 aromatic carbocycles. The van der Waals surface area contributed by atoms with Crippen molar-refractivity contribution >= 4 is 16.8 Å². The van der Waals surface area contributed by atoms with E-state index in [0.29, 0.717) is 11.8 Å². The molecule has 5 heteroatoms. The number of H-pyrrole nitrogens is 1. The molecular weight excluding hydrogens is 391 g/mol. The number of piperidine rings is 1. The van der Waals surface area contributed by atoms with E-state index in [0.717, 1.165) is 61.8 Å². The van der Waals surface area contributed by atoms with Crippen LogP contribution in [0.15, 0.2) is 42.5 Å². The van der Waals surface area contributed by atoms with Crippen LogP contribution in [0, 0.1) is 17.7 Å². The molecule has 6 rings (SSSR count). The lowest BCUT2D eigenvalue weighted by molar-refractivity contribution is -0.135. The van der Waals surface area contributed by atoms with E-state index in [9.17, 15) is 9.18 Å². The van der Waals surface area contributed by atoms with Crippen LogP contribution in [0.2, 0.25) is 0 Å². The summed E-state index contributed by atoms with van der Waals surface area (Å²) in [4.78, 5) is 18.6. The molecule has 4 nitrogen and oxygen atoms in total. The van der Waals surface area contributed by atoms with E-state index < -0.39 is 0 Å². The average molecular weight is 419 g/mol. The molecule has 3 aromatic rings. The van der Waals surface area contributed by atoms with E-state index in [1.165, 1.54) is 22.9 Å². The number of nitrogens with zero attached hydrogens (tertiary/aromatic N) is 1. The number of hydrogen-bond donors (Lipinski definition) is 1. The Hall–Kier alpha value is -2.82. The van der Waals surface area contributed by atoms with Gasteiger partial charge in [0.05, 0.1) is 7.11 Å². The average Bonchev–Trinajstić information content (AvgIpc) is 3.59. The summed E-state index contributed by atoms with van der Waals surface area (Å²) in [7, 11) is 1.70. The third-order valence-corrected chi connectivity index (χ3v) is 7.83. The standard InChI is InChI=1S/C26H27FN2O2/c1-31-20-4-2-3-17(11-20)26-9-10-29(25(30)16-5-6-16)15-18(26)12-21-22-13-19(27)7-8-23(22)28-24(21)14-26/h2-4,7-8,11,13,16,18,28H,5-6,9-10,12,14-15H2,1H3/t18?,26-/m1/s1. The van der Waals surface area contributed by atoms with E-state index in [4.69, 9.17) is 4.74 Å². The van der Waals surface area contributed by atoms with Crippen molar-refractivity contribution in [1.82, 2.24) is 9.88 Å². The number of carbonyl (C=O) groups is 1. The maximum atomic E-state index is 14.0.